The monoisotopic (exact) mass is 380 g/mol. The van der Waals surface area contributed by atoms with Gasteiger partial charge < -0.3 is 14.9 Å². The summed E-state index contributed by atoms with van der Waals surface area (Å²) in [6, 6.07) is 12.0. The third-order valence-corrected chi connectivity index (χ3v) is 4.12. The van der Waals surface area contributed by atoms with Crippen LogP contribution in [-0.2, 0) is 11.2 Å². The number of methoxy groups -OCH3 is 1. The fourth-order valence-corrected chi connectivity index (χ4v) is 2.59. The average Bonchev–Trinajstić information content (AvgIpc) is 3.17. The molecule has 1 amide bonds. The van der Waals surface area contributed by atoms with Crippen LogP contribution in [0.4, 0.5) is 0 Å². The van der Waals surface area contributed by atoms with Gasteiger partial charge in [0, 0.05) is 17.5 Å². The first-order valence-corrected chi connectivity index (χ1v) is 8.57. The second-order valence-electron chi connectivity index (χ2n) is 6.05. The number of nitrogens with one attached hydrogen (secondary N) is 2. The number of phenols is 2. The highest BCUT2D eigenvalue weighted by atomic mass is 16.5. The Balaban J connectivity index is 1.56. The summed E-state index contributed by atoms with van der Waals surface area (Å²) in [6.07, 6.45) is 3.75. The molecule has 0 atom stereocenters. The van der Waals surface area contributed by atoms with Crippen LogP contribution < -0.4 is 10.2 Å². The molecule has 0 spiro atoms. The van der Waals surface area contributed by atoms with E-state index in [4.69, 9.17) is 4.74 Å². The minimum atomic E-state index is -0.265. The van der Waals surface area contributed by atoms with Crippen molar-refractivity contribution in [2.24, 2.45) is 5.10 Å². The first-order valence-electron chi connectivity index (χ1n) is 8.57. The van der Waals surface area contributed by atoms with Gasteiger partial charge in [0.05, 0.1) is 25.2 Å². The summed E-state index contributed by atoms with van der Waals surface area (Å²) in [6.45, 7) is 0. The van der Waals surface area contributed by atoms with E-state index in [-0.39, 0.29) is 23.8 Å². The lowest BCUT2D eigenvalue weighted by Gasteiger charge is -2.04. The molecule has 1 heterocycles. The lowest BCUT2D eigenvalue weighted by Crippen LogP contribution is -2.17. The highest BCUT2D eigenvalue weighted by Crippen LogP contribution is 2.25. The maximum atomic E-state index is 11.9. The molecule has 28 heavy (non-hydrogen) atoms. The van der Waals surface area contributed by atoms with Crippen molar-refractivity contribution >= 4 is 12.1 Å². The van der Waals surface area contributed by atoms with Gasteiger partial charge in [0.25, 0.3) is 0 Å². The molecule has 0 aliphatic heterocycles. The highest BCUT2D eigenvalue weighted by molar-refractivity contribution is 5.89. The second kappa shape index (κ2) is 8.72. The molecule has 0 aliphatic carbocycles. The van der Waals surface area contributed by atoms with Crippen molar-refractivity contribution < 1.29 is 19.7 Å². The average molecular weight is 380 g/mol. The van der Waals surface area contributed by atoms with E-state index in [1.165, 1.54) is 18.3 Å². The van der Waals surface area contributed by atoms with E-state index in [0.29, 0.717) is 6.42 Å². The summed E-state index contributed by atoms with van der Waals surface area (Å²) < 4.78 is 5.15. The van der Waals surface area contributed by atoms with Crippen LogP contribution in [0, 0.1) is 0 Å². The molecule has 1 aromatic heterocycles. The van der Waals surface area contributed by atoms with Crippen molar-refractivity contribution in [3.8, 4) is 28.5 Å². The minimum Gasteiger partial charge on any atom is -0.504 e. The number of aromatic hydroxyl groups is 2. The number of hydrogen-bond acceptors (Lipinski definition) is 6. The number of carbonyl (C=O) groups is 1. The summed E-state index contributed by atoms with van der Waals surface area (Å²) in [4.78, 5) is 11.9. The molecule has 2 aromatic carbocycles. The van der Waals surface area contributed by atoms with Gasteiger partial charge in [-0.2, -0.15) is 10.2 Å². The van der Waals surface area contributed by atoms with Crippen LogP contribution in [0.3, 0.4) is 0 Å². The first-order chi connectivity index (χ1) is 13.6. The van der Waals surface area contributed by atoms with Gasteiger partial charge in [-0.15, -0.1) is 0 Å². The largest absolute Gasteiger partial charge is 0.504 e. The van der Waals surface area contributed by atoms with Crippen LogP contribution in [0.25, 0.3) is 11.3 Å². The molecule has 0 aliphatic rings. The number of aryl methyl sites for hydroxylation is 1. The SMILES string of the molecule is COc1ccc(-c2[nH]ncc2/C=N\NC(=O)CCc2ccc(O)c(O)c2)cc1. The Labute approximate surface area is 161 Å². The van der Waals surface area contributed by atoms with E-state index in [1.54, 1.807) is 19.4 Å². The molecule has 8 heteroatoms. The Morgan fingerprint density at radius 2 is 2.00 bits per heavy atom. The Kier molecular flexibility index (Phi) is 5.91. The number of ether oxygens (including phenoxy) is 1. The van der Waals surface area contributed by atoms with Crippen LogP contribution in [-0.4, -0.2) is 39.6 Å². The second-order valence-corrected chi connectivity index (χ2v) is 6.05. The Bertz CT molecular complexity index is 980. The van der Waals surface area contributed by atoms with Gasteiger partial charge in [0.15, 0.2) is 11.5 Å². The normalized spacial score (nSPS) is 10.9. The predicted octanol–water partition coefficient (Wildman–Crippen LogP) is 2.58. The van der Waals surface area contributed by atoms with E-state index in [1.807, 2.05) is 24.3 Å². The highest BCUT2D eigenvalue weighted by Gasteiger charge is 2.07. The number of hydrazone groups is 1. The molecule has 0 bridgehead atoms. The third-order valence-electron chi connectivity index (χ3n) is 4.12. The van der Waals surface area contributed by atoms with Gasteiger partial charge in [-0.3, -0.25) is 9.89 Å². The van der Waals surface area contributed by atoms with Crippen LogP contribution in [0.15, 0.2) is 53.8 Å². The van der Waals surface area contributed by atoms with E-state index >= 15 is 0 Å². The molecule has 0 saturated heterocycles. The van der Waals surface area contributed by atoms with Crippen molar-refractivity contribution in [3.63, 3.8) is 0 Å². The van der Waals surface area contributed by atoms with Crippen molar-refractivity contribution in [2.75, 3.05) is 7.11 Å². The van der Waals surface area contributed by atoms with Crippen LogP contribution in [0.2, 0.25) is 0 Å². The van der Waals surface area contributed by atoms with Crippen molar-refractivity contribution in [1.29, 1.82) is 0 Å². The molecule has 0 saturated carbocycles. The summed E-state index contributed by atoms with van der Waals surface area (Å²) in [5.41, 5.74) is 5.64. The number of rotatable bonds is 7. The van der Waals surface area contributed by atoms with E-state index in [2.05, 4.69) is 20.7 Å². The summed E-state index contributed by atoms with van der Waals surface area (Å²) in [5, 5.41) is 29.7. The maximum absolute atomic E-state index is 11.9. The van der Waals surface area contributed by atoms with Crippen molar-refractivity contribution in [3.05, 3.63) is 59.8 Å². The van der Waals surface area contributed by atoms with Gasteiger partial charge >= 0.3 is 0 Å². The summed E-state index contributed by atoms with van der Waals surface area (Å²) in [5.74, 6) is 0.0959. The Hall–Kier alpha value is -3.81. The maximum Gasteiger partial charge on any atom is 0.240 e. The fourth-order valence-electron chi connectivity index (χ4n) is 2.59. The topological polar surface area (TPSA) is 120 Å². The number of phenolic OH excluding ortho intramolecular Hbond substituents is 2. The molecular formula is C20H20N4O4. The molecule has 0 unspecified atom stereocenters. The zero-order valence-electron chi connectivity index (χ0n) is 15.2. The zero-order chi connectivity index (χ0) is 19.9. The van der Waals surface area contributed by atoms with Crippen LogP contribution in [0.5, 0.6) is 17.2 Å². The van der Waals surface area contributed by atoms with E-state index in [9.17, 15) is 15.0 Å². The molecule has 8 nitrogen and oxygen atoms in total. The number of hydrogen-bond donors (Lipinski definition) is 4. The van der Waals surface area contributed by atoms with Gasteiger partial charge in [0.1, 0.15) is 5.75 Å². The summed E-state index contributed by atoms with van der Waals surface area (Å²) >= 11 is 0. The lowest BCUT2D eigenvalue weighted by atomic mass is 10.1. The number of aromatic amines is 1. The molecule has 0 fully saturated rings. The van der Waals surface area contributed by atoms with Crippen LogP contribution >= 0.6 is 0 Å². The standard InChI is InChI=1S/C20H20N4O4/c1-28-16-6-4-14(5-7-16)20-15(12-22-24-20)11-21-23-19(27)9-3-13-2-8-17(25)18(26)10-13/h2,4-8,10-12,25-26H,3,9H2,1H3,(H,22,24)(H,23,27)/b21-11-. The lowest BCUT2D eigenvalue weighted by molar-refractivity contribution is -0.121. The smallest absolute Gasteiger partial charge is 0.240 e. The van der Waals surface area contributed by atoms with Gasteiger partial charge in [-0.1, -0.05) is 6.07 Å². The van der Waals surface area contributed by atoms with E-state index in [0.717, 1.165) is 28.1 Å². The number of nitrogens with zero attached hydrogens (tertiary/aromatic N) is 2. The Morgan fingerprint density at radius 1 is 1.21 bits per heavy atom. The number of H-pyrrole nitrogens is 1. The summed E-state index contributed by atoms with van der Waals surface area (Å²) in [7, 11) is 1.61. The van der Waals surface area contributed by atoms with Crippen LogP contribution in [0.1, 0.15) is 17.5 Å². The fraction of sp³-hybridized carbons (Fsp3) is 0.150. The van der Waals surface area contributed by atoms with Gasteiger partial charge in [-0.25, -0.2) is 5.43 Å². The number of carbonyl (C=O) groups excluding carboxylic acids is 1. The number of aromatic nitrogens is 2. The van der Waals surface area contributed by atoms with Gasteiger partial charge in [0.2, 0.25) is 5.91 Å². The number of benzene rings is 2. The zero-order valence-corrected chi connectivity index (χ0v) is 15.2. The molecular weight excluding hydrogens is 360 g/mol. The van der Waals surface area contributed by atoms with Gasteiger partial charge in [-0.05, 0) is 48.4 Å². The quantitative estimate of drug-likeness (QED) is 0.285. The molecule has 144 valence electrons. The molecule has 4 N–H and O–H groups in total. The predicted molar refractivity (Wildman–Crippen MR) is 104 cm³/mol. The minimum absolute atomic E-state index is 0.189. The molecule has 0 radical (unpaired) electrons. The molecule has 3 aromatic rings. The van der Waals surface area contributed by atoms with Crippen molar-refractivity contribution in [2.45, 2.75) is 12.8 Å². The number of amides is 1. The third kappa shape index (κ3) is 4.67. The van der Waals surface area contributed by atoms with E-state index < -0.39 is 0 Å². The molecule has 3 rings (SSSR count). The van der Waals surface area contributed by atoms with Crippen molar-refractivity contribution in [1.82, 2.24) is 15.6 Å². The Morgan fingerprint density at radius 3 is 2.71 bits per heavy atom. The first kappa shape index (κ1) is 19.0.